The Morgan fingerprint density at radius 2 is 1.95 bits per heavy atom. The van der Waals surface area contributed by atoms with Gasteiger partial charge in [0.05, 0.1) is 0 Å². The number of halogens is 4. The summed E-state index contributed by atoms with van der Waals surface area (Å²) in [5.74, 6) is -2.22. The van der Waals surface area contributed by atoms with Crippen LogP contribution in [0.4, 0.5) is 8.78 Å². The van der Waals surface area contributed by atoms with Crippen molar-refractivity contribution in [2.45, 2.75) is 51.0 Å². The lowest BCUT2D eigenvalue weighted by atomic mass is 9.80. The van der Waals surface area contributed by atoms with Gasteiger partial charge in [-0.15, -0.1) is 0 Å². The molecule has 0 spiro atoms. The first-order chi connectivity index (χ1) is 9.91. The molecule has 0 saturated heterocycles. The molecule has 1 aromatic carbocycles. The standard InChI is InChI=1S/C16H21Cl2F2N/c1-2-21-15(11-5-7-16(19,20)8-6-11)10-12-9-13(17)3-4-14(12)18/h3-4,9,11,15,21H,2,5-8,10H2,1H3. The number of hydrogen-bond donors (Lipinski definition) is 1. The van der Waals surface area contributed by atoms with E-state index in [9.17, 15) is 8.78 Å². The molecule has 0 aliphatic heterocycles. The minimum Gasteiger partial charge on any atom is -0.314 e. The second-order valence-corrected chi connectivity index (χ2v) is 6.64. The molecule has 1 unspecified atom stereocenters. The summed E-state index contributed by atoms with van der Waals surface area (Å²) in [5.41, 5.74) is 0.979. The van der Waals surface area contributed by atoms with Crippen molar-refractivity contribution in [2.75, 3.05) is 6.54 Å². The van der Waals surface area contributed by atoms with E-state index in [1.165, 1.54) is 0 Å². The first kappa shape index (κ1) is 17.0. The maximum Gasteiger partial charge on any atom is 0.248 e. The van der Waals surface area contributed by atoms with Gasteiger partial charge in [0.25, 0.3) is 0 Å². The molecule has 1 N–H and O–H groups in total. The Morgan fingerprint density at radius 1 is 1.29 bits per heavy atom. The highest BCUT2D eigenvalue weighted by Gasteiger charge is 2.37. The first-order valence-electron chi connectivity index (χ1n) is 7.46. The quantitative estimate of drug-likeness (QED) is 0.765. The molecule has 21 heavy (non-hydrogen) atoms. The van der Waals surface area contributed by atoms with Crippen LogP contribution >= 0.6 is 23.2 Å². The molecule has 5 heteroatoms. The summed E-state index contributed by atoms with van der Waals surface area (Å²) >= 11 is 12.2. The Bertz CT molecular complexity index is 469. The van der Waals surface area contributed by atoms with E-state index in [4.69, 9.17) is 23.2 Å². The van der Waals surface area contributed by atoms with Crippen molar-refractivity contribution in [1.82, 2.24) is 5.32 Å². The fourth-order valence-corrected chi connectivity index (χ4v) is 3.46. The van der Waals surface area contributed by atoms with Crippen LogP contribution in [0.5, 0.6) is 0 Å². The van der Waals surface area contributed by atoms with E-state index >= 15 is 0 Å². The van der Waals surface area contributed by atoms with Gasteiger partial charge in [0.2, 0.25) is 5.92 Å². The van der Waals surface area contributed by atoms with Crippen LogP contribution in [0.1, 0.15) is 38.2 Å². The second-order valence-electron chi connectivity index (χ2n) is 5.80. The van der Waals surface area contributed by atoms with Gasteiger partial charge in [0.15, 0.2) is 0 Å². The molecule has 0 heterocycles. The Labute approximate surface area is 135 Å². The Kier molecular flexibility index (Phi) is 5.87. The van der Waals surface area contributed by atoms with Crippen molar-refractivity contribution in [3.8, 4) is 0 Å². The van der Waals surface area contributed by atoms with Crippen molar-refractivity contribution in [2.24, 2.45) is 5.92 Å². The molecule has 118 valence electrons. The highest BCUT2D eigenvalue weighted by atomic mass is 35.5. The number of hydrogen-bond acceptors (Lipinski definition) is 1. The van der Waals surface area contributed by atoms with E-state index < -0.39 is 5.92 Å². The van der Waals surface area contributed by atoms with Gasteiger partial charge in [-0.1, -0.05) is 30.1 Å². The maximum atomic E-state index is 13.3. The molecule has 0 bridgehead atoms. The van der Waals surface area contributed by atoms with Gasteiger partial charge in [-0.25, -0.2) is 8.78 Å². The van der Waals surface area contributed by atoms with Gasteiger partial charge in [0, 0.05) is 28.9 Å². The van der Waals surface area contributed by atoms with Crippen LogP contribution < -0.4 is 5.32 Å². The van der Waals surface area contributed by atoms with Crippen molar-refractivity contribution in [1.29, 1.82) is 0 Å². The van der Waals surface area contributed by atoms with Crippen LogP contribution in [-0.2, 0) is 6.42 Å². The third kappa shape index (κ3) is 4.80. The van der Waals surface area contributed by atoms with Gasteiger partial charge < -0.3 is 5.32 Å². The molecular formula is C16H21Cl2F2N. The average molecular weight is 336 g/mol. The molecule has 2 rings (SSSR count). The lowest BCUT2D eigenvalue weighted by molar-refractivity contribution is -0.0494. The summed E-state index contributed by atoms with van der Waals surface area (Å²) < 4.78 is 26.6. The van der Waals surface area contributed by atoms with E-state index in [0.717, 1.165) is 18.5 Å². The summed E-state index contributed by atoms with van der Waals surface area (Å²) in [4.78, 5) is 0. The molecule has 1 nitrogen and oxygen atoms in total. The third-order valence-corrected chi connectivity index (χ3v) is 4.85. The number of nitrogens with one attached hydrogen (secondary N) is 1. The average Bonchev–Trinajstić information content (AvgIpc) is 2.42. The molecule has 1 aliphatic rings. The van der Waals surface area contributed by atoms with Crippen LogP contribution in [0.2, 0.25) is 10.0 Å². The third-order valence-electron chi connectivity index (χ3n) is 4.24. The number of benzene rings is 1. The smallest absolute Gasteiger partial charge is 0.248 e. The normalized spacial score (nSPS) is 20.4. The van der Waals surface area contributed by atoms with E-state index in [-0.39, 0.29) is 24.8 Å². The number of alkyl halides is 2. The van der Waals surface area contributed by atoms with Crippen molar-refractivity contribution < 1.29 is 8.78 Å². The highest BCUT2D eigenvalue weighted by molar-refractivity contribution is 6.33. The van der Waals surface area contributed by atoms with E-state index in [1.54, 1.807) is 12.1 Å². The van der Waals surface area contributed by atoms with E-state index in [1.807, 2.05) is 13.0 Å². The summed E-state index contributed by atoms with van der Waals surface area (Å²) in [6, 6.07) is 5.58. The van der Waals surface area contributed by atoms with Crippen molar-refractivity contribution >= 4 is 23.2 Å². The molecule has 0 amide bonds. The molecule has 1 atom stereocenters. The van der Waals surface area contributed by atoms with Crippen molar-refractivity contribution in [3.63, 3.8) is 0 Å². The molecule has 0 radical (unpaired) electrons. The van der Waals surface area contributed by atoms with Gasteiger partial charge in [-0.3, -0.25) is 0 Å². The zero-order valence-electron chi connectivity index (χ0n) is 12.1. The lowest BCUT2D eigenvalue weighted by Crippen LogP contribution is -2.41. The zero-order valence-corrected chi connectivity index (χ0v) is 13.7. The van der Waals surface area contributed by atoms with Crippen LogP contribution in [-0.4, -0.2) is 18.5 Å². The Morgan fingerprint density at radius 3 is 2.57 bits per heavy atom. The summed E-state index contributed by atoms with van der Waals surface area (Å²) in [7, 11) is 0. The largest absolute Gasteiger partial charge is 0.314 e. The topological polar surface area (TPSA) is 12.0 Å². The van der Waals surface area contributed by atoms with Crippen LogP contribution in [0.3, 0.4) is 0 Å². The van der Waals surface area contributed by atoms with Crippen molar-refractivity contribution in [3.05, 3.63) is 33.8 Å². The second kappa shape index (κ2) is 7.26. The monoisotopic (exact) mass is 335 g/mol. The molecule has 0 aromatic heterocycles. The predicted molar refractivity (Wildman–Crippen MR) is 84.5 cm³/mol. The fraction of sp³-hybridized carbons (Fsp3) is 0.625. The van der Waals surface area contributed by atoms with E-state index in [2.05, 4.69) is 5.32 Å². The van der Waals surface area contributed by atoms with Crippen LogP contribution in [0.25, 0.3) is 0 Å². The predicted octanol–water partition coefficient (Wildman–Crippen LogP) is 5.34. The molecule has 1 saturated carbocycles. The summed E-state index contributed by atoms with van der Waals surface area (Å²) in [6.07, 6.45) is 1.82. The molecule has 1 aromatic rings. The summed E-state index contributed by atoms with van der Waals surface area (Å²) in [5, 5.41) is 4.76. The van der Waals surface area contributed by atoms with Gasteiger partial charge in [-0.2, -0.15) is 0 Å². The summed E-state index contributed by atoms with van der Waals surface area (Å²) in [6.45, 7) is 2.85. The maximum absolute atomic E-state index is 13.3. The van der Waals surface area contributed by atoms with Crippen LogP contribution in [0.15, 0.2) is 18.2 Å². The Hall–Kier alpha value is -0.380. The molecular weight excluding hydrogens is 315 g/mol. The molecule has 1 aliphatic carbocycles. The van der Waals surface area contributed by atoms with Gasteiger partial charge in [-0.05, 0) is 55.5 Å². The van der Waals surface area contributed by atoms with Gasteiger partial charge >= 0.3 is 0 Å². The Balaban J connectivity index is 2.07. The highest BCUT2D eigenvalue weighted by Crippen LogP contribution is 2.38. The fourth-order valence-electron chi connectivity index (χ4n) is 3.07. The number of rotatable bonds is 5. The van der Waals surface area contributed by atoms with Gasteiger partial charge in [0.1, 0.15) is 0 Å². The SMILES string of the molecule is CCNC(Cc1cc(Cl)ccc1Cl)C1CCC(F)(F)CC1. The minimum atomic E-state index is -2.49. The zero-order chi connectivity index (χ0) is 15.5. The lowest BCUT2D eigenvalue weighted by Gasteiger charge is -2.34. The minimum absolute atomic E-state index is 0.0111. The molecule has 1 fully saturated rings. The van der Waals surface area contributed by atoms with E-state index in [0.29, 0.717) is 22.9 Å². The first-order valence-corrected chi connectivity index (χ1v) is 8.22. The van der Waals surface area contributed by atoms with Crippen LogP contribution in [0, 0.1) is 5.92 Å². The number of likely N-dealkylation sites (N-methyl/N-ethyl adjacent to an activating group) is 1.